The summed E-state index contributed by atoms with van der Waals surface area (Å²) in [6.45, 7) is 6.25. The van der Waals surface area contributed by atoms with Gasteiger partial charge in [-0.05, 0) is 32.0 Å². The Kier molecular flexibility index (Phi) is 5.69. The van der Waals surface area contributed by atoms with E-state index >= 15 is 0 Å². The van der Waals surface area contributed by atoms with Gasteiger partial charge in [0.15, 0.2) is 0 Å². The topological polar surface area (TPSA) is 34.1 Å². The molecule has 0 unspecified atom stereocenters. The number of nitrogens with zero attached hydrogens (tertiary/aromatic N) is 1. The van der Waals surface area contributed by atoms with Crippen LogP contribution in [0.25, 0.3) is 0 Å². The lowest BCUT2D eigenvalue weighted by atomic mass is 10.1. The van der Waals surface area contributed by atoms with Crippen molar-refractivity contribution in [2.24, 2.45) is 0 Å². The lowest BCUT2D eigenvalue weighted by Gasteiger charge is -2.13. The molecule has 0 saturated heterocycles. The summed E-state index contributed by atoms with van der Waals surface area (Å²) in [4.78, 5) is 3.83. The van der Waals surface area contributed by atoms with Crippen LogP contribution in [0.3, 0.4) is 0 Å². The Morgan fingerprint density at radius 3 is 2.86 bits per heavy atom. The highest BCUT2D eigenvalue weighted by atomic mass is 19.1. The Balaban J connectivity index is 2.04. The molecule has 1 heterocycles. The van der Waals surface area contributed by atoms with E-state index in [9.17, 15) is 4.39 Å². The molecule has 1 aromatic heterocycles. The molecule has 112 valence electrons. The van der Waals surface area contributed by atoms with Crippen molar-refractivity contribution in [2.75, 3.05) is 6.54 Å². The van der Waals surface area contributed by atoms with Crippen LogP contribution in [-0.2, 0) is 13.2 Å². The highest BCUT2D eigenvalue weighted by molar-refractivity contribution is 5.37. The van der Waals surface area contributed by atoms with Crippen LogP contribution in [0.15, 0.2) is 36.7 Å². The maximum absolute atomic E-state index is 13.1. The molecule has 0 radical (unpaired) electrons. The molecule has 0 atom stereocenters. The Morgan fingerprint density at radius 1 is 1.24 bits per heavy atom. The van der Waals surface area contributed by atoms with Gasteiger partial charge in [0.25, 0.3) is 0 Å². The van der Waals surface area contributed by atoms with E-state index in [0.717, 1.165) is 36.4 Å². The Morgan fingerprint density at radius 2 is 2.10 bits per heavy atom. The van der Waals surface area contributed by atoms with Gasteiger partial charge in [0.05, 0.1) is 6.20 Å². The fourth-order valence-corrected chi connectivity index (χ4v) is 2.08. The normalized spacial score (nSPS) is 10.6. The standard InChI is InChI=1S/C17H21FN2O/c1-3-6-19-10-15-7-13(2)4-5-17(15)21-12-14-8-16(18)11-20-9-14/h4-5,7-9,11,19H,3,6,10,12H2,1-2H3. The van der Waals surface area contributed by atoms with E-state index in [0.29, 0.717) is 6.61 Å². The zero-order chi connectivity index (χ0) is 15.1. The van der Waals surface area contributed by atoms with Crippen LogP contribution in [0.2, 0.25) is 0 Å². The van der Waals surface area contributed by atoms with Gasteiger partial charge in [-0.15, -0.1) is 0 Å². The van der Waals surface area contributed by atoms with E-state index in [-0.39, 0.29) is 5.82 Å². The first-order chi connectivity index (χ1) is 10.2. The fraction of sp³-hybridized carbons (Fsp3) is 0.353. The van der Waals surface area contributed by atoms with Gasteiger partial charge in [-0.1, -0.05) is 24.6 Å². The lowest BCUT2D eigenvalue weighted by Crippen LogP contribution is -2.14. The zero-order valence-electron chi connectivity index (χ0n) is 12.5. The number of ether oxygens (including phenoxy) is 1. The molecule has 0 fully saturated rings. The summed E-state index contributed by atoms with van der Waals surface area (Å²) < 4.78 is 18.9. The third kappa shape index (κ3) is 4.83. The molecule has 21 heavy (non-hydrogen) atoms. The maximum atomic E-state index is 13.1. The Bertz CT molecular complexity index is 587. The van der Waals surface area contributed by atoms with Crippen LogP contribution in [0.1, 0.15) is 30.0 Å². The van der Waals surface area contributed by atoms with Crippen molar-refractivity contribution >= 4 is 0 Å². The highest BCUT2D eigenvalue weighted by Gasteiger charge is 2.05. The molecule has 0 aliphatic rings. The predicted molar refractivity (Wildman–Crippen MR) is 81.7 cm³/mol. The number of benzene rings is 1. The van der Waals surface area contributed by atoms with Gasteiger partial charge in [0, 0.05) is 23.9 Å². The molecule has 0 spiro atoms. The molecule has 3 nitrogen and oxygen atoms in total. The zero-order valence-corrected chi connectivity index (χ0v) is 12.5. The third-order valence-corrected chi connectivity index (χ3v) is 3.11. The molecule has 1 N–H and O–H groups in total. The van der Waals surface area contributed by atoms with E-state index in [1.807, 2.05) is 12.1 Å². The predicted octanol–water partition coefficient (Wildman–Crippen LogP) is 3.61. The van der Waals surface area contributed by atoms with Crippen LogP contribution in [-0.4, -0.2) is 11.5 Å². The second kappa shape index (κ2) is 7.74. The maximum Gasteiger partial charge on any atom is 0.141 e. The Labute approximate surface area is 125 Å². The average molecular weight is 288 g/mol. The van der Waals surface area contributed by atoms with E-state index < -0.39 is 0 Å². The van der Waals surface area contributed by atoms with E-state index in [1.54, 1.807) is 6.20 Å². The van der Waals surface area contributed by atoms with Crippen LogP contribution in [0, 0.1) is 12.7 Å². The number of halogens is 1. The van der Waals surface area contributed by atoms with Crippen LogP contribution < -0.4 is 10.1 Å². The van der Waals surface area contributed by atoms with Crippen LogP contribution >= 0.6 is 0 Å². The van der Waals surface area contributed by atoms with Gasteiger partial charge in [-0.25, -0.2) is 4.39 Å². The number of aryl methyl sites for hydroxylation is 1. The Hall–Kier alpha value is -1.94. The molecular formula is C17H21FN2O. The summed E-state index contributed by atoms with van der Waals surface area (Å²) in [5.74, 6) is 0.485. The minimum absolute atomic E-state index is 0.314. The molecule has 0 bridgehead atoms. The smallest absolute Gasteiger partial charge is 0.141 e. The summed E-state index contributed by atoms with van der Waals surface area (Å²) in [7, 11) is 0. The first-order valence-corrected chi connectivity index (χ1v) is 7.21. The van der Waals surface area contributed by atoms with Crippen molar-refractivity contribution < 1.29 is 9.13 Å². The van der Waals surface area contributed by atoms with Crippen molar-refractivity contribution in [3.8, 4) is 5.75 Å². The van der Waals surface area contributed by atoms with Crippen molar-refractivity contribution in [1.29, 1.82) is 0 Å². The van der Waals surface area contributed by atoms with Gasteiger partial charge in [-0.2, -0.15) is 0 Å². The van der Waals surface area contributed by atoms with Gasteiger partial charge in [-0.3, -0.25) is 4.98 Å². The number of rotatable bonds is 7. The summed E-state index contributed by atoms with van der Waals surface area (Å²) in [5, 5.41) is 3.37. The second-order valence-corrected chi connectivity index (χ2v) is 5.09. The van der Waals surface area contributed by atoms with Crippen molar-refractivity contribution in [3.63, 3.8) is 0 Å². The summed E-state index contributed by atoms with van der Waals surface area (Å²) in [6.07, 6.45) is 3.90. The van der Waals surface area contributed by atoms with Crippen molar-refractivity contribution in [1.82, 2.24) is 10.3 Å². The molecule has 2 aromatic rings. The van der Waals surface area contributed by atoms with Gasteiger partial charge in [0.1, 0.15) is 18.2 Å². The number of hydrogen-bond acceptors (Lipinski definition) is 3. The molecule has 4 heteroatoms. The third-order valence-electron chi connectivity index (χ3n) is 3.11. The molecule has 0 saturated carbocycles. The van der Waals surface area contributed by atoms with Crippen LogP contribution in [0.4, 0.5) is 4.39 Å². The van der Waals surface area contributed by atoms with E-state index in [2.05, 4.69) is 30.2 Å². The quantitative estimate of drug-likeness (QED) is 0.790. The van der Waals surface area contributed by atoms with Crippen molar-refractivity contribution in [3.05, 3.63) is 59.2 Å². The summed E-state index contributed by atoms with van der Waals surface area (Å²) >= 11 is 0. The number of pyridine rings is 1. The lowest BCUT2D eigenvalue weighted by molar-refractivity contribution is 0.301. The fourth-order valence-electron chi connectivity index (χ4n) is 2.08. The van der Waals surface area contributed by atoms with Gasteiger partial charge >= 0.3 is 0 Å². The molecule has 0 aliphatic heterocycles. The van der Waals surface area contributed by atoms with Crippen molar-refractivity contribution in [2.45, 2.75) is 33.4 Å². The molecule has 1 aromatic carbocycles. The van der Waals surface area contributed by atoms with Crippen LogP contribution in [0.5, 0.6) is 5.75 Å². The monoisotopic (exact) mass is 288 g/mol. The number of hydrogen-bond donors (Lipinski definition) is 1. The number of nitrogens with one attached hydrogen (secondary N) is 1. The first-order valence-electron chi connectivity index (χ1n) is 7.21. The largest absolute Gasteiger partial charge is 0.489 e. The van der Waals surface area contributed by atoms with Gasteiger partial charge in [0.2, 0.25) is 0 Å². The molecule has 0 aliphatic carbocycles. The first kappa shape index (κ1) is 15.4. The number of aromatic nitrogens is 1. The van der Waals surface area contributed by atoms with E-state index in [1.165, 1.54) is 17.8 Å². The average Bonchev–Trinajstić information content (AvgIpc) is 2.47. The SMILES string of the molecule is CCCNCc1cc(C)ccc1OCc1cncc(F)c1. The molecular weight excluding hydrogens is 267 g/mol. The molecule has 2 rings (SSSR count). The molecule has 0 amide bonds. The van der Waals surface area contributed by atoms with E-state index in [4.69, 9.17) is 4.74 Å². The minimum atomic E-state index is -0.343. The summed E-state index contributed by atoms with van der Waals surface area (Å²) in [5.41, 5.74) is 3.04. The second-order valence-electron chi connectivity index (χ2n) is 5.09. The minimum Gasteiger partial charge on any atom is -0.489 e. The highest BCUT2D eigenvalue weighted by Crippen LogP contribution is 2.21. The van der Waals surface area contributed by atoms with Gasteiger partial charge < -0.3 is 10.1 Å². The summed E-state index contributed by atoms with van der Waals surface area (Å²) in [6, 6.07) is 7.53.